The first-order valence-electron chi connectivity index (χ1n) is 7.03. The molecule has 0 radical (unpaired) electrons. The van der Waals surface area contributed by atoms with Crippen molar-refractivity contribution < 1.29 is 4.79 Å². The van der Waals surface area contributed by atoms with E-state index in [9.17, 15) is 4.79 Å². The molecule has 1 atom stereocenters. The van der Waals surface area contributed by atoms with Gasteiger partial charge in [-0.3, -0.25) is 4.79 Å². The van der Waals surface area contributed by atoms with E-state index in [2.05, 4.69) is 37.5 Å². The first-order valence-corrected chi connectivity index (χ1v) is 7.03. The van der Waals surface area contributed by atoms with E-state index in [0.29, 0.717) is 22.9 Å². The highest BCUT2D eigenvalue weighted by molar-refractivity contribution is 5.88. The summed E-state index contributed by atoms with van der Waals surface area (Å²) in [6.07, 6.45) is 2.50. The first kappa shape index (κ1) is 15.0. The second-order valence-electron chi connectivity index (χ2n) is 5.19. The van der Waals surface area contributed by atoms with Crippen molar-refractivity contribution >= 4 is 28.8 Å². The largest absolute Gasteiger partial charge is 0.368 e. The van der Waals surface area contributed by atoms with Crippen LogP contribution in [0.15, 0.2) is 6.33 Å². The summed E-state index contributed by atoms with van der Waals surface area (Å²) in [5.74, 6) is 0.626. The molecule has 114 valence electrons. The minimum Gasteiger partial charge on any atom is -0.368 e. The molecule has 1 unspecified atom stereocenters. The number of imidazole rings is 1. The van der Waals surface area contributed by atoms with Gasteiger partial charge in [-0.1, -0.05) is 20.8 Å². The Labute approximate surface area is 123 Å². The molecule has 2 aromatic heterocycles. The third kappa shape index (κ3) is 3.39. The summed E-state index contributed by atoms with van der Waals surface area (Å²) in [4.78, 5) is 27.4. The molecule has 0 saturated carbocycles. The molecule has 0 bridgehead atoms. The van der Waals surface area contributed by atoms with Gasteiger partial charge in [-0.15, -0.1) is 0 Å². The Morgan fingerprint density at radius 3 is 2.81 bits per heavy atom. The number of hydrogen-bond donors (Lipinski definition) is 4. The van der Waals surface area contributed by atoms with Gasteiger partial charge in [0, 0.05) is 6.54 Å². The summed E-state index contributed by atoms with van der Waals surface area (Å²) < 4.78 is 0. The van der Waals surface area contributed by atoms with Crippen molar-refractivity contribution in [3.63, 3.8) is 0 Å². The quantitative estimate of drug-likeness (QED) is 0.606. The Morgan fingerprint density at radius 1 is 1.43 bits per heavy atom. The van der Waals surface area contributed by atoms with E-state index in [1.807, 2.05) is 13.8 Å². The number of carbonyl (C=O) groups is 1. The van der Waals surface area contributed by atoms with E-state index in [1.165, 1.54) is 0 Å². The molecule has 21 heavy (non-hydrogen) atoms. The molecule has 0 saturated heterocycles. The number of H-pyrrole nitrogens is 1. The van der Waals surface area contributed by atoms with Crippen molar-refractivity contribution in [1.82, 2.24) is 19.9 Å². The van der Waals surface area contributed by atoms with E-state index < -0.39 is 11.9 Å². The highest BCUT2D eigenvalue weighted by Gasteiger charge is 2.21. The number of rotatable bonds is 7. The second kappa shape index (κ2) is 6.38. The SMILES string of the molecule is CCCNc1nc(NC(C(N)=O)C(C)C)c2[nH]cnc2n1. The molecular weight excluding hydrogens is 270 g/mol. The average Bonchev–Trinajstić information content (AvgIpc) is 2.89. The standard InChI is InChI=1S/C13H21N7O/c1-4-5-15-13-19-11-9(16-6-17-11)12(20-13)18-8(7(2)3)10(14)21/h6-8H,4-5H2,1-3H3,(H2,14,21)(H3,15,16,17,18,19,20). The van der Waals surface area contributed by atoms with Crippen LogP contribution in [0.25, 0.3) is 11.2 Å². The minimum atomic E-state index is -0.509. The predicted molar refractivity (Wildman–Crippen MR) is 81.9 cm³/mol. The number of nitrogens with one attached hydrogen (secondary N) is 3. The number of nitrogens with zero attached hydrogens (tertiary/aromatic N) is 3. The number of fused-ring (bicyclic) bond motifs is 1. The fraction of sp³-hybridized carbons (Fsp3) is 0.538. The van der Waals surface area contributed by atoms with E-state index in [1.54, 1.807) is 6.33 Å². The van der Waals surface area contributed by atoms with E-state index >= 15 is 0 Å². The van der Waals surface area contributed by atoms with Gasteiger partial charge in [-0.25, -0.2) is 4.98 Å². The van der Waals surface area contributed by atoms with Crippen molar-refractivity contribution in [2.24, 2.45) is 11.7 Å². The highest BCUT2D eigenvalue weighted by Crippen LogP contribution is 2.20. The third-order valence-electron chi connectivity index (χ3n) is 3.08. The molecule has 2 rings (SSSR count). The highest BCUT2D eigenvalue weighted by atomic mass is 16.1. The fourth-order valence-corrected chi connectivity index (χ4v) is 1.97. The summed E-state index contributed by atoms with van der Waals surface area (Å²) in [6.45, 7) is 6.66. The third-order valence-corrected chi connectivity index (χ3v) is 3.08. The average molecular weight is 291 g/mol. The molecule has 8 nitrogen and oxygen atoms in total. The smallest absolute Gasteiger partial charge is 0.240 e. The van der Waals surface area contributed by atoms with Crippen molar-refractivity contribution in [1.29, 1.82) is 0 Å². The summed E-state index contributed by atoms with van der Waals surface area (Å²) in [5, 5.41) is 6.20. The molecule has 0 fully saturated rings. The molecular formula is C13H21N7O. The van der Waals surface area contributed by atoms with E-state index in [-0.39, 0.29) is 5.92 Å². The zero-order valence-corrected chi connectivity index (χ0v) is 12.5. The van der Waals surface area contributed by atoms with Crippen LogP contribution < -0.4 is 16.4 Å². The fourth-order valence-electron chi connectivity index (χ4n) is 1.97. The Morgan fingerprint density at radius 2 is 2.19 bits per heavy atom. The number of amides is 1. The number of nitrogens with two attached hydrogens (primary N) is 1. The summed E-state index contributed by atoms with van der Waals surface area (Å²) >= 11 is 0. The van der Waals surface area contributed by atoms with Crippen LogP contribution in [0.2, 0.25) is 0 Å². The maximum atomic E-state index is 11.6. The molecule has 0 aromatic carbocycles. The van der Waals surface area contributed by atoms with Crippen molar-refractivity contribution in [3.8, 4) is 0 Å². The van der Waals surface area contributed by atoms with Crippen molar-refractivity contribution in [3.05, 3.63) is 6.33 Å². The Balaban J connectivity index is 2.36. The Hall–Kier alpha value is -2.38. The normalized spacial score (nSPS) is 12.6. The Bertz CT molecular complexity index is 622. The van der Waals surface area contributed by atoms with Crippen molar-refractivity contribution in [2.75, 3.05) is 17.2 Å². The minimum absolute atomic E-state index is 0.0440. The van der Waals surface area contributed by atoms with E-state index in [4.69, 9.17) is 5.73 Å². The number of hydrogen-bond acceptors (Lipinski definition) is 6. The van der Waals surface area contributed by atoms with Gasteiger partial charge in [-0.05, 0) is 12.3 Å². The lowest BCUT2D eigenvalue weighted by atomic mass is 10.0. The number of carbonyl (C=O) groups excluding carboxylic acids is 1. The van der Waals surface area contributed by atoms with Gasteiger partial charge in [0.15, 0.2) is 11.5 Å². The number of aromatic amines is 1. The van der Waals surface area contributed by atoms with Crippen LogP contribution in [-0.4, -0.2) is 38.4 Å². The zero-order chi connectivity index (χ0) is 15.4. The van der Waals surface area contributed by atoms with Gasteiger partial charge in [0.1, 0.15) is 11.6 Å². The second-order valence-corrected chi connectivity index (χ2v) is 5.19. The number of anilines is 2. The lowest BCUT2D eigenvalue weighted by Gasteiger charge is -2.20. The molecule has 2 heterocycles. The topological polar surface area (TPSA) is 122 Å². The van der Waals surface area contributed by atoms with E-state index in [0.717, 1.165) is 13.0 Å². The molecule has 0 spiro atoms. The summed E-state index contributed by atoms with van der Waals surface area (Å²) in [5.41, 5.74) is 6.63. The lowest BCUT2D eigenvalue weighted by molar-refractivity contribution is -0.119. The van der Waals surface area contributed by atoms with Crippen LogP contribution in [0.1, 0.15) is 27.2 Å². The zero-order valence-electron chi connectivity index (χ0n) is 12.5. The van der Waals surface area contributed by atoms with Gasteiger partial charge in [0.2, 0.25) is 11.9 Å². The van der Waals surface area contributed by atoms with Crippen LogP contribution in [0, 0.1) is 5.92 Å². The maximum absolute atomic E-state index is 11.6. The van der Waals surface area contributed by atoms with Gasteiger partial charge in [0.05, 0.1) is 6.33 Å². The molecule has 2 aromatic rings. The van der Waals surface area contributed by atoms with Gasteiger partial charge < -0.3 is 21.4 Å². The van der Waals surface area contributed by atoms with Crippen LogP contribution in [0.3, 0.4) is 0 Å². The first-order chi connectivity index (χ1) is 10.0. The summed E-state index contributed by atoms with van der Waals surface area (Å²) in [7, 11) is 0. The molecule has 0 aliphatic heterocycles. The summed E-state index contributed by atoms with van der Waals surface area (Å²) in [6, 6.07) is -0.509. The van der Waals surface area contributed by atoms with Crippen LogP contribution >= 0.6 is 0 Å². The lowest BCUT2D eigenvalue weighted by Crippen LogP contribution is -2.39. The Kier molecular flexibility index (Phi) is 4.56. The molecule has 1 amide bonds. The molecule has 5 N–H and O–H groups in total. The molecule has 0 aliphatic carbocycles. The monoisotopic (exact) mass is 291 g/mol. The van der Waals surface area contributed by atoms with Gasteiger partial charge in [-0.2, -0.15) is 9.97 Å². The number of aromatic nitrogens is 4. The van der Waals surface area contributed by atoms with Crippen LogP contribution in [0.4, 0.5) is 11.8 Å². The van der Waals surface area contributed by atoms with Gasteiger partial charge >= 0.3 is 0 Å². The van der Waals surface area contributed by atoms with Crippen LogP contribution in [-0.2, 0) is 4.79 Å². The van der Waals surface area contributed by atoms with Gasteiger partial charge in [0.25, 0.3) is 0 Å². The van der Waals surface area contributed by atoms with Crippen LogP contribution in [0.5, 0.6) is 0 Å². The number of primary amides is 1. The molecule has 8 heteroatoms. The van der Waals surface area contributed by atoms with Crippen molar-refractivity contribution in [2.45, 2.75) is 33.2 Å². The predicted octanol–water partition coefficient (Wildman–Crippen LogP) is 1.10. The maximum Gasteiger partial charge on any atom is 0.240 e. The molecule has 0 aliphatic rings.